The zero-order valence-electron chi connectivity index (χ0n) is 12.6. The summed E-state index contributed by atoms with van der Waals surface area (Å²) in [4.78, 5) is 11.7. The van der Waals surface area contributed by atoms with E-state index in [1.807, 2.05) is 45.0 Å². The van der Waals surface area contributed by atoms with E-state index in [1.54, 1.807) is 7.11 Å². The number of nitrogens with two attached hydrogens (primary N) is 1. The third kappa shape index (κ3) is 5.09. The third-order valence-electron chi connectivity index (χ3n) is 2.75. The molecule has 0 aliphatic rings. The Hall–Kier alpha value is -1.75. The summed E-state index contributed by atoms with van der Waals surface area (Å²) in [6, 6.07) is 7.66. The Morgan fingerprint density at radius 1 is 1.35 bits per heavy atom. The predicted molar refractivity (Wildman–Crippen MR) is 79.0 cm³/mol. The first-order chi connectivity index (χ1) is 9.37. The lowest BCUT2D eigenvalue weighted by molar-refractivity contribution is 0.0524. The van der Waals surface area contributed by atoms with Gasteiger partial charge in [0.15, 0.2) is 0 Å². The molecule has 0 radical (unpaired) electrons. The Kier molecular flexibility index (Phi) is 5.82. The number of hydrogen-bond acceptors (Lipinski definition) is 4. The molecule has 5 nitrogen and oxygen atoms in total. The number of rotatable bonds is 5. The van der Waals surface area contributed by atoms with Gasteiger partial charge in [-0.05, 0) is 26.8 Å². The van der Waals surface area contributed by atoms with Crippen molar-refractivity contribution < 1.29 is 14.3 Å². The number of hydrogen-bond donors (Lipinski definition) is 2. The fourth-order valence-electron chi connectivity index (χ4n) is 1.84. The first-order valence-electron chi connectivity index (χ1n) is 6.67. The van der Waals surface area contributed by atoms with Gasteiger partial charge in [-0.3, -0.25) is 0 Å². The van der Waals surface area contributed by atoms with Gasteiger partial charge in [0.05, 0.1) is 7.11 Å². The normalized spacial score (nSPS) is 12.7. The van der Waals surface area contributed by atoms with Gasteiger partial charge >= 0.3 is 6.09 Å². The fourth-order valence-corrected chi connectivity index (χ4v) is 1.84. The van der Waals surface area contributed by atoms with Gasteiger partial charge in [-0.25, -0.2) is 4.79 Å². The van der Waals surface area contributed by atoms with Crippen LogP contribution in [0.1, 0.15) is 32.3 Å². The first-order valence-corrected chi connectivity index (χ1v) is 6.67. The van der Waals surface area contributed by atoms with E-state index in [9.17, 15) is 4.79 Å². The molecular weight excluding hydrogens is 256 g/mol. The van der Waals surface area contributed by atoms with Crippen LogP contribution in [0.25, 0.3) is 0 Å². The van der Waals surface area contributed by atoms with E-state index in [0.717, 1.165) is 11.3 Å². The molecule has 20 heavy (non-hydrogen) atoms. The van der Waals surface area contributed by atoms with Crippen molar-refractivity contribution >= 4 is 6.09 Å². The van der Waals surface area contributed by atoms with Crippen LogP contribution in [0.4, 0.5) is 4.79 Å². The molecule has 0 heterocycles. The van der Waals surface area contributed by atoms with Gasteiger partial charge in [-0.2, -0.15) is 0 Å². The Bertz CT molecular complexity index is 441. The number of para-hydroxylation sites is 1. The van der Waals surface area contributed by atoms with Crippen molar-refractivity contribution in [2.24, 2.45) is 5.73 Å². The van der Waals surface area contributed by atoms with E-state index >= 15 is 0 Å². The Balaban J connectivity index is 2.66. The van der Waals surface area contributed by atoms with Crippen LogP contribution in [0.3, 0.4) is 0 Å². The molecule has 3 N–H and O–H groups in total. The molecule has 0 bridgehead atoms. The van der Waals surface area contributed by atoms with Gasteiger partial charge in [-0.1, -0.05) is 18.2 Å². The molecule has 1 aromatic rings. The molecule has 0 saturated heterocycles. The fraction of sp³-hybridized carbons (Fsp3) is 0.533. The number of carbonyl (C=O) groups is 1. The second-order valence-electron chi connectivity index (χ2n) is 5.56. The zero-order chi connectivity index (χ0) is 15.2. The number of amides is 1. The van der Waals surface area contributed by atoms with Gasteiger partial charge in [-0.15, -0.1) is 0 Å². The molecule has 1 unspecified atom stereocenters. The highest BCUT2D eigenvalue weighted by atomic mass is 16.6. The van der Waals surface area contributed by atoms with E-state index in [-0.39, 0.29) is 5.92 Å². The topological polar surface area (TPSA) is 73.6 Å². The molecule has 112 valence electrons. The summed E-state index contributed by atoms with van der Waals surface area (Å²) in [7, 11) is 1.62. The lowest BCUT2D eigenvalue weighted by Gasteiger charge is -2.22. The molecule has 0 aromatic heterocycles. The van der Waals surface area contributed by atoms with Crippen LogP contribution in [-0.4, -0.2) is 31.9 Å². The van der Waals surface area contributed by atoms with Crippen molar-refractivity contribution in [3.63, 3.8) is 0 Å². The van der Waals surface area contributed by atoms with Gasteiger partial charge in [0.1, 0.15) is 11.4 Å². The maximum absolute atomic E-state index is 11.7. The van der Waals surface area contributed by atoms with Crippen LogP contribution in [0.5, 0.6) is 5.75 Å². The largest absolute Gasteiger partial charge is 0.496 e. The standard InChI is InChI=1S/C15H24N2O3/c1-15(2,3)20-14(18)17-10-11(9-16)12-7-5-6-8-13(12)19-4/h5-8,11H,9-10,16H2,1-4H3,(H,17,18). The summed E-state index contributed by atoms with van der Waals surface area (Å²) in [6.45, 7) is 6.30. The van der Waals surface area contributed by atoms with E-state index in [0.29, 0.717) is 13.1 Å². The second-order valence-corrected chi connectivity index (χ2v) is 5.56. The predicted octanol–water partition coefficient (Wildman–Crippen LogP) is 2.26. The molecular formula is C15H24N2O3. The number of alkyl carbamates (subject to hydrolysis) is 1. The van der Waals surface area contributed by atoms with Crippen LogP contribution in [-0.2, 0) is 4.74 Å². The molecule has 1 rings (SSSR count). The number of methoxy groups -OCH3 is 1. The highest BCUT2D eigenvalue weighted by Crippen LogP contribution is 2.25. The SMILES string of the molecule is COc1ccccc1C(CN)CNC(=O)OC(C)(C)C. The van der Waals surface area contributed by atoms with Crippen LogP contribution in [0.2, 0.25) is 0 Å². The molecule has 1 amide bonds. The van der Waals surface area contributed by atoms with E-state index in [2.05, 4.69) is 5.32 Å². The summed E-state index contributed by atoms with van der Waals surface area (Å²) in [5, 5.41) is 2.74. The molecule has 0 saturated carbocycles. The number of benzene rings is 1. The summed E-state index contributed by atoms with van der Waals surface area (Å²) in [5.41, 5.74) is 6.27. The molecule has 1 atom stereocenters. The summed E-state index contributed by atoms with van der Waals surface area (Å²) in [5.74, 6) is 0.757. The summed E-state index contributed by atoms with van der Waals surface area (Å²) in [6.07, 6.45) is -0.439. The number of ether oxygens (including phenoxy) is 2. The minimum atomic E-state index is -0.507. The Labute approximate surface area is 120 Å². The van der Waals surface area contributed by atoms with Crippen LogP contribution in [0, 0.1) is 0 Å². The highest BCUT2D eigenvalue weighted by Gasteiger charge is 2.19. The van der Waals surface area contributed by atoms with Crippen molar-refractivity contribution in [3.8, 4) is 5.75 Å². The van der Waals surface area contributed by atoms with Crippen molar-refractivity contribution in [1.29, 1.82) is 0 Å². The Morgan fingerprint density at radius 3 is 2.55 bits per heavy atom. The molecule has 0 aliphatic heterocycles. The highest BCUT2D eigenvalue weighted by molar-refractivity contribution is 5.67. The minimum Gasteiger partial charge on any atom is -0.496 e. The lowest BCUT2D eigenvalue weighted by atomic mass is 9.98. The average molecular weight is 280 g/mol. The minimum absolute atomic E-state index is 0.0151. The van der Waals surface area contributed by atoms with Crippen molar-refractivity contribution in [1.82, 2.24) is 5.32 Å². The van der Waals surface area contributed by atoms with Crippen molar-refractivity contribution in [2.45, 2.75) is 32.3 Å². The van der Waals surface area contributed by atoms with Crippen molar-refractivity contribution in [2.75, 3.05) is 20.2 Å². The summed E-state index contributed by atoms with van der Waals surface area (Å²) < 4.78 is 10.5. The van der Waals surface area contributed by atoms with E-state index in [1.165, 1.54) is 0 Å². The molecule has 5 heteroatoms. The van der Waals surface area contributed by atoms with Crippen LogP contribution >= 0.6 is 0 Å². The van der Waals surface area contributed by atoms with Gasteiger partial charge < -0.3 is 20.5 Å². The monoisotopic (exact) mass is 280 g/mol. The van der Waals surface area contributed by atoms with E-state index in [4.69, 9.17) is 15.2 Å². The van der Waals surface area contributed by atoms with Gasteiger partial charge in [0, 0.05) is 24.6 Å². The second kappa shape index (κ2) is 7.14. The quantitative estimate of drug-likeness (QED) is 0.867. The Morgan fingerprint density at radius 2 is 2.00 bits per heavy atom. The molecule has 0 spiro atoms. The smallest absolute Gasteiger partial charge is 0.407 e. The number of carbonyl (C=O) groups excluding carboxylic acids is 1. The summed E-state index contributed by atoms with van der Waals surface area (Å²) >= 11 is 0. The van der Waals surface area contributed by atoms with Gasteiger partial charge in [0.2, 0.25) is 0 Å². The lowest BCUT2D eigenvalue weighted by Crippen LogP contribution is -2.36. The first kappa shape index (κ1) is 16.3. The maximum Gasteiger partial charge on any atom is 0.407 e. The van der Waals surface area contributed by atoms with Gasteiger partial charge in [0.25, 0.3) is 0 Å². The third-order valence-corrected chi connectivity index (χ3v) is 2.75. The van der Waals surface area contributed by atoms with Crippen LogP contribution < -0.4 is 15.8 Å². The van der Waals surface area contributed by atoms with Crippen molar-refractivity contribution in [3.05, 3.63) is 29.8 Å². The molecule has 1 aromatic carbocycles. The average Bonchev–Trinajstić information content (AvgIpc) is 2.38. The van der Waals surface area contributed by atoms with E-state index < -0.39 is 11.7 Å². The molecule has 0 fully saturated rings. The molecule has 0 aliphatic carbocycles. The van der Waals surface area contributed by atoms with Crippen LogP contribution in [0.15, 0.2) is 24.3 Å². The maximum atomic E-state index is 11.7. The zero-order valence-corrected chi connectivity index (χ0v) is 12.6. The number of nitrogens with one attached hydrogen (secondary N) is 1.